The average molecular weight is 1350 g/mol. The van der Waals surface area contributed by atoms with Gasteiger partial charge in [-0.1, -0.05) is 96.0 Å². The van der Waals surface area contributed by atoms with Crippen molar-refractivity contribution in [1.82, 2.24) is 20.1 Å². The van der Waals surface area contributed by atoms with Crippen LogP contribution in [0.15, 0.2) is 215 Å². The number of sulfonamides is 3. The maximum atomic E-state index is 12.9. The number of urea groups is 2. The minimum atomic E-state index is -4.26. The normalized spacial score (nSPS) is 11.4. The molecule has 0 bridgehead atoms. The fourth-order valence-electron chi connectivity index (χ4n) is 8.42. The fourth-order valence-corrected chi connectivity index (χ4v) is 11.7. The van der Waals surface area contributed by atoms with Gasteiger partial charge in [0.2, 0.25) is 10.0 Å². The summed E-state index contributed by atoms with van der Waals surface area (Å²) in [7, 11) is -7.68. The van der Waals surface area contributed by atoms with E-state index in [9.17, 15) is 34.8 Å². The zero-order valence-corrected chi connectivity index (χ0v) is 55.4. The number of anilines is 1. The summed E-state index contributed by atoms with van der Waals surface area (Å²) in [6.07, 6.45) is 0. The number of carbonyl (C=O) groups excluding carboxylic acids is 2. The first-order chi connectivity index (χ1) is 43.3. The number of hydrogen-bond acceptors (Lipinski definition) is 15. The largest absolute Gasteiger partial charge is 0.497 e. The first-order valence-electron chi connectivity index (χ1n) is 27.8. The lowest BCUT2D eigenvalue weighted by atomic mass is 10.1. The summed E-state index contributed by atoms with van der Waals surface area (Å²) >= 11 is 11.9. The number of nitrogens with two attached hydrogens (primary N) is 2. The predicted molar refractivity (Wildman–Crippen MR) is 358 cm³/mol. The van der Waals surface area contributed by atoms with Gasteiger partial charge in [-0.05, 0) is 202 Å². The van der Waals surface area contributed by atoms with Crippen molar-refractivity contribution in [1.29, 1.82) is 0 Å². The summed E-state index contributed by atoms with van der Waals surface area (Å²) in [5.74, 6) is 3.74. The summed E-state index contributed by atoms with van der Waals surface area (Å²) in [5, 5.41) is 10.8. The highest BCUT2D eigenvalue weighted by atomic mass is 35.5. The first kappa shape index (κ1) is 70.0. The van der Waals surface area contributed by atoms with E-state index in [1.54, 1.807) is 111 Å². The Balaban J connectivity index is 0.000000197. The minimum Gasteiger partial charge on any atom is -0.497 e. The Kier molecular flexibility index (Phi) is 22.9. The van der Waals surface area contributed by atoms with Gasteiger partial charge >= 0.3 is 12.1 Å². The number of halogens is 2. The van der Waals surface area contributed by atoms with Crippen LogP contribution >= 0.6 is 23.2 Å². The van der Waals surface area contributed by atoms with Gasteiger partial charge < -0.3 is 44.8 Å². The quantitative estimate of drug-likeness (QED) is 0.0462. The highest BCUT2D eigenvalue weighted by Gasteiger charge is 2.27. The number of rotatable bonds is 17. The summed E-state index contributed by atoms with van der Waals surface area (Å²) in [5.41, 5.74) is 10.3. The topological polar surface area (TPSA) is 292 Å². The number of methoxy groups -OCH3 is 3. The molecule has 482 valence electrons. The molecule has 0 aliphatic rings. The van der Waals surface area contributed by atoms with Gasteiger partial charge in [-0.25, -0.2) is 49.4 Å². The molecule has 9 aromatic carbocycles. The molecule has 0 aliphatic carbocycles. The van der Waals surface area contributed by atoms with Gasteiger partial charge in [0.05, 0.1) is 21.3 Å². The van der Waals surface area contributed by atoms with Crippen molar-refractivity contribution in [2.75, 3.05) is 27.1 Å². The van der Waals surface area contributed by atoms with E-state index in [-0.39, 0.29) is 47.7 Å². The van der Waals surface area contributed by atoms with Gasteiger partial charge in [-0.2, -0.15) is 0 Å². The van der Waals surface area contributed by atoms with Crippen LogP contribution in [0.2, 0.25) is 10.0 Å². The molecule has 20 nitrogen and oxygen atoms in total. The third-order valence-electron chi connectivity index (χ3n) is 12.6. The molecule has 9 rings (SSSR count). The molecule has 0 aliphatic heterocycles. The molecule has 0 saturated heterocycles. The molecule has 25 heteroatoms. The van der Waals surface area contributed by atoms with Crippen molar-refractivity contribution in [3.8, 4) is 85.1 Å². The third kappa shape index (κ3) is 20.5. The Bertz CT molecular complexity index is 4240. The van der Waals surface area contributed by atoms with Crippen LogP contribution in [0, 0.1) is 0 Å². The van der Waals surface area contributed by atoms with Crippen LogP contribution in [0.1, 0.15) is 41.5 Å². The lowest BCUT2D eigenvalue weighted by Crippen LogP contribution is -2.48. The summed E-state index contributed by atoms with van der Waals surface area (Å²) in [6.45, 7) is 10.4. The molecule has 8 N–H and O–H groups in total. The van der Waals surface area contributed by atoms with Crippen LogP contribution in [0.25, 0.3) is 33.4 Å². The zero-order valence-electron chi connectivity index (χ0n) is 51.4. The van der Waals surface area contributed by atoms with Crippen LogP contribution < -0.4 is 59.4 Å². The van der Waals surface area contributed by atoms with Gasteiger partial charge in [-0.15, -0.1) is 0 Å². The SMILES string of the molecule is COc1ccc(-c2cccc(Oc3ccc(Cl)cc3S(=O)(=O)NC(=O)NC(C)(C)C)c2)cc1.COc1ccc(-c2cccc(Oc3ccc(Cl)cc3S(N)(=O)=O)c2)cc1.COc1ccc(-c2cccc(Oc3ccc(N)cc3S(=O)(=O)NC(=O)NC(C)(C)C)c2)cc1. The molecule has 0 heterocycles. The van der Waals surface area contributed by atoms with Crippen molar-refractivity contribution in [3.05, 3.63) is 210 Å². The number of amides is 4. The van der Waals surface area contributed by atoms with E-state index < -0.39 is 53.2 Å². The molecule has 92 heavy (non-hydrogen) atoms. The van der Waals surface area contributed by atoms with Gasteiger partial charge in [0.15, 0.2) is 0 Å². The van der Waals surface area contributed by atoms with E-state index >= 15 is 0 Å². The summed E-state index contributed by atoms with van der Waals surface area (Å²) in [6, 6.07) is 55.3. The molecule has 0 aromatic heterocycles. The zero-order chi connectivity index (χ0) is 67.2. The van der Waals surface area contributed by atoms with E-state index in [1.165, 1.54) is 48.5 Å². The molecular weight excluding hydrogens is 1280 g/mol. The molecule has 0 saturated carbocycles. The predicted octanol–water partition coefficient (Wildman–Crippen LogP) is 14.6. The Hall–Kier alpha value is -9.49. The lowest BCUT2D eigenvalue weighted by Gasteiger charge is -2.21. The highest BCUT2D eigenvalue weighted by molar-refractivity contribution is 7.90. The Morgan fingerprint density at radius 1 is 0.380 bits per heavy atom. The van der Waals surface area contributed by atoms with Crippen molar-refractivity contribution >= 4 is 71.0 Å². The Labute approximate surface area is 545 Å². The maximum Gasteiger partial charge on any atom is 0.329 e. The van der Waals surface area contributed by atoms with Crippen molar-refractivity contribution in [2.24, 2.45) is 5.14 Å². The second kappa shape index (κ2) is 30.1. The maximum absolute atomic E-state index is 12.9. The molecule has 9 aromatic rings. The van der Waals surface area contributed by atoms with Crippen molar-refractivity contribution < 1.29 is 63.3 Å². The Morgan fingerprint density at radius 3 is 1.00 bits per heavy atom. The van der Waals surface area contributed by atoms with Gasteiger partial charge in [0.1, 0.15) is 66.4 Å². The number of primary sulfonamides is 1. The second-order valence-corrected chi connectivity index (χ2v) is 27.8. The molecule has 4 amide bonds. The number of ether oxygens (including phenoxy) is 6. The van der Waals surface area contributed by atoms with E-state index in [0.29, 0.717) is 17.2 Å². The summed E-state index contributed by atoms with van der Waals surface area (Å²) < 4.78 is 112. The van der Waals surface area contributed by atoms with Crippen LogP contribution in [-0.2, 0) is 30.1 Å². The van der Waals surface area contributed by atoms with Crippen LogP contribution in [-0.4, -0.2) is 69.7 Å². The van der Waals surface area contributed by atoms with Crippen LogP contribution in [0.3, 0.4) is 0 Å². The number of carbonyl (C=O) groups is 2. The summed E-state index contributed by atoms with van der Waals surface area (Å²) in [4.78, 5) is 23.7. The standard InChI is InChI=1S/C24H25ClN2O5S.C24H27N3O5S.C19H16ClNO4S/c2*1-24(2,3)26-23(28)27-33(29,30)22-15-18(25)10-13-21(22)32-20-7-5-6-17(14-20)16-8-11-19(31-4)12-9-16;1-24-16-8-5-13(6-9-16)14-3-2-4-17(11-14)25-18-10-7-15(20)12-19(18)26(21,22)23/h5-15H,1-4H3,(H2,26,27,28);5-15H,25H2,1-4H3,(H2,26,27,28);2-12H,1H3,(H2,21,22,23). The van der Waals surface area contributed by atoms with Gasteiger partial charge in [0.25, 0.3) is 20.0 Å². The van der Waals surface area contributed by atoms with Crippen molar-refractivity contribution in [2.45, 2.75) is 67.3 Å². The Morgan fingerprint density at radius 2 is 0.685 bits per heavy atom. The fraction of sp³-hybridized carbons (Fsp3) is 0.164. The molecule has 0 spiro atoms. The van der Waals surface area contributed by atoms with E-state index in [0.717, 1.165) is 50.6 Å². The van der Waals surface area contributed by atoms with E-state index in [1.807, 2.05) is 113 Å². The average Bonchev–Trinajstić information content (AvgIpc) is 0.975. The van der Waals surface area contributed by atoms with Crippen LogP contribution in [0.5, 0.6) is 51.7 Å². The monoisotopic (exact) mass is 1350 g/mol. The molecular formula is C67H68Cl2N6O14S3. The van der Waals surface area contributed by atoms with Gasteiger partial charge in [0, 0.05) is 26.8 Å². The van der Waals surface area contributed by atoms with Gasteiger partial charge in [-0.3, -0.25) is 0 Å². The number of hydrogen-bond donors (Lipinski definition) is 6. The van der Waals surface area contributed by atoms with E-state index in [2.05, 4.69) is 10.6 Å². The third-order valence-corrected chi connectivity index (χ3v) is 16.7. The second-order valence-electron chi connectivity index (χ2n) is 22.1. The smallest absolute Gasteiger partial charge is 0.329 e. The van der Waals surface area contributed by atoms with E-state index in [4.69, 9.17) is 62.5 Å². The number of nitrogens with one attached hydrogen (secondary N) is 4. The molecule has 0 fully saturated rings. The van der Waals surface area contributed by atoms with Crippen molar-refractivity contribution in [3.63, 3.8) is 0 Å². The highest BCUT2D eigenvalue weighted by Crippen LogP contribution is 2.37. The molecule has 0 atom stereocenters. The minimum absolute atomic E-state index is 0.0299. The molecule has 0 radical (unpaired) electrons. The lowest BCUT2D eigenvalue weighted by molar-refractivity contribution is 0.236. The number of benzene rings is 9. The first-order valence-corrected chi connectivity index (χ1v) is 33.1. The van der Waals surface area contributed by atoms with Crippen LogP contribution in [0.4, 0.5) is 15.3 Å². The number of nitrogen functional groups attached to an aromatic ring is 1. The molecule has 0 unspecified atom stereocenters.